The fourth-order valence-electron chi connectivity index (χ4n) is 5.69. The molecule has 0 aliphatic carbocycles. The predicted molar refractivity (Wildman–Crippen MR) is 141 cm³/mol. The molecule has 2 aliphatic rings. The van der Waals surface area contributed by atoms with Gasteiger partial charge in [-0.3, -0.25) is 9.48 Å². The molecule has 0 bridgehead atoms. The minimum Gasteiger partial charge on any atom is -0.496 e. The summed E-state index contributed by atoms with van der Waals surface area (Å²) in [5.41, 5.74) is 5.19. The lowest BCUT2D eigenvalue weighted by molar-refractivity contribution is -0.141. The third kappa shape index (κ3) is 4.89. The minimum atomic E-state index is -4.46. The standard InChI is InChI=1S/C29H29F3N4O3/c1-34-8-6-22(7-9-34)36-15-21(14-33-36)18-3-4-23-24(16-39-25(23)12-18)20-11-19-5-10-35(17-29(30,31)32)28(37)27(19)26(13-20)38-2/h3-4,11-16,22H,5-10,17H2,1-2H3. The lowest BCUT2D eigenvalue weighted by atomic mass is 9.92. The number of ether oxygens (including phenoxy) is 1. The van der Waals surface area contributed by atoms with Gasteiger partial charge in [0.15, 0.2) is 0 Å². The Balaban J connectivity index is 1.29. The number of benzene rings is 2. The number of furan rings is 1. The van der Waals surface area contributed by atoms with Gasteiger partial charge in [0.05, 0.1) is 31.2 Å². The molecule has 39 heavy (non-hydrogen) atoms. The number of rotatable bonds is 5. The normalized spacial score (nSPS) is 17.2. The van der Waals surface area contributed by atoms with Gasteiger partial charge in [-0.1, -0.05) is 6.07 Å². The molecule has 1 saturated heterocycles. The second kappa shape index (κ2) is 9.75. The van der Waals surface area contributed by atoms with Crippen LogP contribution in [0.2, 0.25) is 0 Å². The Kier molecular flexibility index (Phi) is 6.37. The molecule has 2 aromatic carbocycles. The molecular weight excluding hydrogens is 509 g/mol. The molecule has 0 radical (unpaired) electrons. The van der Waals surface area contributed by atoms with Crippen molar-refractivity contribution in [2.24, 2.45) is 0 Å². The van der Waals surface area contributed by atoms with Gasteiger partial charge in [-0.25, -0.2) is 0 Å². The van der Waals surface area contributed by atoms with Crippen molar-refractivity contribution >= 4 is 16.9 Å². The SMILES string of the molecule is COc1cc(-c2coc3cc(-c4cnn(C5CCN(C)CC5)c4)ccc23)cc2c1C(=O)N(CC(F)(F)F)CC2. The quantitative estimate of drug-likeness (QED) is 0.322. The Morgan fingerprint density at radius 3 is 2.62 bits per heavy atom. The van der Waals surface area contributed by atoms with E-state index < -0.39 is 18.6 Å². The molecule has 10 heteroatoms. The van der Waals surface area contributed by atoms with Crippen LogP contribution in [0.5, 0.6) is 5.75 Å². The molecule has 0 N–H and O–H groups in total. The fourth-order valence-corrected chi connectivity index (χ4v) is 5.69. The predicted octanol–water partition coefficient (Wildman–Crippen LogP) is 5.80. The van der Waals surface area contributed by atoms with Crippen molar-refractivity contribution in [1.29, 1.82) is 0 Å². The van der Waals surface area contributed by atoms with E-state index in [-0.39, 0.29) is 17.9 Å². The third-order valence-corrected chi connectivity index (χ3v) is 7.81. The van der Waals surface area contributed by atoms with Crippen LogP contribution in [0.3, 0.4) is 0 Å². The average molecular weight is 539 g/mol. The second-order valence-corrected chi connectivity index (χ2v) is 10.4. The van der Waals surface area contributed by atoms with Gasteiger partial charge in [-0.2, -0.15) is 18.3 Å². The number of piperidine rings is 1. The highest BCUT2D eigenvalue weighted by Crippen LogP contribution is 2.39. The maximum Gasteiger partial charge on any atom is 0.406 e. The number of hydrogen-bond donors (Lipinski definition) is 0. The summed E-state index contributed by atoms with van der Waals surface area (Å²) >= 11 is 0. The highest BCUT2D eigenvalue weighted by atomic mass is 19.4. The summed E-state index contributed by atoms with van der Waals surface area (Å²) in [4.78, 5) is 16.1. The zero-order valence-electron chi connectivity index (χ0n) is 21.8. The number of carbonyl (C=O) groups excluding carboxylic acids is 1. The first-order valence-electron chi connectivity index (χ1n) is 13.0. The van der Waals surface area contributed by atoms with Gasteiger partial charge in [-0.15, -0.1) is 0 Å². The number of methoxy groups -OCH3 is 1. The van der Waals surface area contributed by atoms with Gasteiger partial charge in [0.1, 0.15) is 17.9 Å². The van der Waals surface area contributed by atoms with Crippen LogP contribution in [0.4, 0.5) is 13.2 Å². The highest BCUT2D eigenvalue weighted by molar-refractivity contribution is 6.02. The van der Waals surface area contributed by atoms with E-state index in [0.717, 1.165) is 58.5 Å². The average Bonchev–Trinajstić information content (AvgIpc) is 3.57. The molecule has 6 rings (SSSR count). The fraction of sp³-hybridized carbons (Fsp3) is 0.379. The van der Waals surface area contributed by atoms with Crippen LogP contribution in [0.15, 0.2) is 53.4 Å². The largest absolute Gasteiger partial charge is 0.496 e. The first-order chi connectivity index (χ1) is 18.7. The molecule has 204 valence electrons. The summed E-state index contributed by atoms with van der Waals surface area (Å²) in [5, 5.41) is 5.52. The molecular formula is C29H29F3N4O3. The van der Waals surface area contributed by atoms with Crippen molar-refractivity contribution in [2.75, 3.05) is 40.3 Å². The monoisotopic (exact) mass is 538 g/mol. The van der Waals surface area contributed by atoms with Gasteiger partial charge in [0.25, 0.3) is 5.91 Å². The van der Waals surface area contributed by atoms with Crippen molar-refractivity contribution in [2.45, 2.75) is 31.5 Å². The van der Waals surface area contributed by atoms with Crippen molar-refractivity contribution in [1.82, 2.24) is 19.6 Å². The van der Waals surface area contributed by atoms with Gasteiger partial charge in [0.2, 0.25) is 0 Å². The third-order valence-electron chi connectivity index (χ3n) is 7.81. The Morgan fingerprint density at radius 2 is 1.87 bits per heavy atom. The van der Waals surface area contributed by atoms with Crippen LogP contribution in [0, 0.1) is 0 Å². The summed E-state index contributed by atoms with van der Waals surface area (Å²) in [6.07, 6.45) is 3.65. The topological polar surface area (TPSA) is 63.7 Å². The molecule has 0 spiro atoms. The number of amides is 1. The molecule has 2 aliphatic heterocycles. The molecule has 0 atom stereocenters. The smallest absolute Gasteiger partial charge is 0.406 e. The Hall–Kier alpha value is -3.79. The van der Waals surface area contributed by atoms with Crippen molar-refractivity contribution in [3.8, 4) is 28.0 Å². The summed E-state index contributed by atoms with van der Waals surface area (Å²) in [7, 11) is 3.56. The van der Waals surface area contributed by atoms with Gasteiger partial charge in [0, 0.05) is 29.3 Å². The first-order valence-corrected chi connectivity index (χ1v) is 13.0. The van der Waals surface area contributed by atoms with E-state index >= 15 is 0 Å². The summed E-state index contributed by atoms with van der Waals surface area (Å²) < 4.78 is 52.4. The number of halogens is 3. The lowest BCUT2D eigenvalue weighted by Crippen LogP contribution is -2.43. The second-order valence-electron chi connectivity index (χ2n) is 10.4. The van der Waals surface area contributed by atoms with E-state index in [1.807, 2.05) is 30.5 Å². The van der Waals surface area contributed by atoms with Crippen LogP contribution in [0.25, 0.3) is 33.2 Å². The van der Waals surface area contributed by atoms with E-state index in [1.165, 1.54) is 7.11 Å². The number of fused-ring (bicyclic) bond motifs is 2. The van der Waals surface area contributed by atoms with E-state index in [9.17, 15) is 18.0 Å². The van der Waals surface area contributed by atoms with Crippen LogP contribution < -0.4 is 4.74 Å². The number of aromatic nitrogens is 2. The molecule has 7 nitrogen and oxygen atoms in total. The summed E-state index contributed by atoms with van der Waals surface area (Å²) in [6.45, 7) is 0.851. The van der Waals surface area contributed by atoms with Crippen LogP contribution >= 0.6 is 0 Å². The first kappa shape index (κ1) is 25.5. The van der Waals surface area contributed by atoms with E-state index in [4.69, 9.17) is 9.15 Å². The van der Waals surface area contributed by atoms with Gasteiger partial charge < -0.3 is 19.0 Å². The summed E-state index contributed by atoms with van der Waals surface area (Å²) in [5.74, 6) is -0.411. The Morgan fingerprint density at radius 1 is 1.08 bits per heavy atom. The molecule has 4 aromatic rings. The maximum absolute atomic E-state index is 13.0. The molecule has 4 heterocycles. The Labute approximate surface area is 223 Å². The van der Waals surface area contributed by atoms with Crippen LogP contribution in [-0.4, -0.2) is 72.0 Å². The Bertz CT molecular complexity index is 1520. The van der Waals surface area contributed by atoms with Crippen LogP contribution in [-0.2, 0) is 6.42 Å². The highest BCUT2D eigenvalue weighted by Gasteiger charge is 2.37. The molecule has 1 amide bonds. The number of nitrogens with zero attached hydrogens (tertiary/aromatic N) is 4. The lowest BCUT2D eigenvalue weighted by Gasteiger charge is -2.30. The number of likely N-dealkylation sites (tertiary alicyclic amines) is 1. The van der Waals surface area contributed by atoms with Gasteiger partial charge >= 0.3 is 6.18 Å². The van der Waals surface area contributed by atoms with Gasteiger partial charge in [-0.05, 0) is 80.4 Å². The maximum atomic E-state index is 13.0. The molecule has 2 aromatic heterocycles. The molecule has 0 saturated carbocycles. The molecule has 1 fully saturated rings. The van der Waals surface area contributed by atoms with Crippen molar-refractivity contribution in [3.05, 3.63) is 60.1 Å². The van der Waals surface area contributed by atoms with E-state index in [2.05, 4.69) is 27.9 Å². The summed E-state index contributed by atoms with van der Waals surface area (Å²) in [6, 6.07) is 9.97. The number of carbonyl (C=O) groups is 1. The zero-order chi connectivity index (χ0) is 27.3. The van der Waals surface area contributed by atoms with E-state index in [1.54, 1.807) is 12.3 Å². The van der Waals surface area contributed by atoms with E-state index in [0.29, 0.717) is 23.6 Å². The minimum absolute atomic E-state index is 0.00130. The molecule has 0 unspecified atom stereocenters. The number of alkyl halides is 3. The number of hydrogen-bond acceptors (Lipinski definition) is 5. The zero-order valence-corrected chi connectivity index (χ0v) is 21.8. The van der Waals surface area contributed by atoms with Crippen molar-refractivity contribution < 1.29 is 27.1 Å². The van der Waals surface area contributed by atoms with Crippen LogP contribution in [0.1, 0.15) is 34.8 Å². The van der Waals surface area contributed by atoms with Crippen molar-refractivity contribution in [3.63, 3.8) is 0 Å².